The highest BCUT2D eigenvalue weighted by Crippen LogP contribution is 2.19. The number of hydrogen-bond acceptors (Lipinski definition) is 4. The molecule has 0 aliphatic heterocycles. The van der Waals surface area contributed by atoms with Gasteiger partial charge in [0.15, 0.2) is 0 Å². The smallest absolute Gasteiger partial charge is 0.145 e. The van der Waals surface area contributed by atoms with Gasteiger partial charge >= 0.3 is 0 Å². The quantitative estimate of drug-likeness (QED) is 0.593. The molecular weight excluding hydrogens is 208 g/mol. The molecule has 4 nitrogen and oxygen atoms in total. The van der Waals surface area contributed by atoms with Crippen molar-refractivity contribution in [1.29, 1.82) is 0 Å². The molecule has 0 aliphatic rings. The molecule has 0 amide bonds. The van der Waals surface area contributed by atoms with Crippen LogP contribution in [0.2, 0.25) is 0 Å². The number of imidazole rings is 1. The number of nitrogen functional groups attached to an aromatic ring is 2. The summed E-state index contributed by atoms with van der Waals surface area (Å²) in [6.45, 7) is 4.13. The summed E-state index contributed by atoms with van der Waals surface area (Å²) in [7, 11) is 0. The highest BCUT2D eigenvalue weighted by Gasteiger charge is 2.14. The van der Waals surface area contributed by atoms with Crippen LogP contribution >= 0.6 is 11.8 Å². The first-order valence-electron chi connectivity index (χ1n) is 5.19. The van der Waals surface area contributed by atoms with E-state index in [0.717, 1.165) is 30.1 Å². The van der Waals surface area contributed by atoms with Gasteiger partial charge in [-0.2, -0.15) is 11.8 Å². The van der Waals surface area contributed by atoms with Gasteiger partial charge in [0, 0.05) is 5.92 Å². The fraction of sp³-hybridized carbons (Fsp3) is 0.700. The number of nitrogens with two attached hydrogens (primary N) is 2. The van der Waals surface area contributed by atoms with Crippen LogP contribution in [0.4, 0.5) is 5.82 Å². The predicted molar refractivity (Wildman–Crippen MR) is 67.6 cm³/mol. The van der Waals surface area contributed by atoms with Crippen molar-refractivity contribution in [2.24, 2.45) is 0 Å². The van der Waals surface area contributed by atoms with Crippen molar-refractivity contribution in [2.75, 3.05) is 23.6 Å². The van der Waals surface area contributed by atoms with Crippen molar-refractivity contribution >= 4 is 17.6 Å². The summed E-state index contributed by atoms with van der Waals surface area (Å²) in [5.74, 6) is 8.76. The van der Waals surface area contributed by atoms with Crippen LogP contribution in [0.5, 0.6) is 0 Å². The zero-order valence-electron chi connectivity index (χ0n) is 9.66. The fourth-order valence-electron chi connectivity index (χ4n) is 1.49. The molecule has 1 aromatic rings. The van der Waals surface area contributed by atoms with Gasteiger partial charge in [0.25, 0.3) is 0 Å². The van der Waals surface area contributed by atoms with E-state index >= 15 is 0 Å². The fourth-order valence-corrected chi connectivity index (χ4v) is 1.92. The minimum Gasteiger partial charge on any atom is -0.382 e. The van der Waals surface area contributed by atoms with Crippen LogP contribution in [0.25, 0.3) is 0 Å². The molecule has 1 aromatic heterocycles. The summed E-state index contributed by atoms with van der Waals surface area (Å²) >= 11 is 1.84. The topological polar surface area (TPSA) is 69.9 Å². The Balaban J connectivity index is 2.76. The number of hydrogen-bond donors (Lipinski definition) is 2. The number of nitrogens with zero attached hydrogens (tertiary/aromatic N) is 2. The molecule has 5 heteroatoms. The molecule has 0 aromatic carbocycles. The van der Waals surface area contributed by atoms with Gasteiger partial charge in [0.05, 0.1) is 5.69 Å². The Labute approximate surface area is 95.4 Å². The lowest BCUT2D eigenvalue weighted by atomic mass is 10.2. The molecule has 0 unspecified atom stereocenters. The first-order valence-corrected chi connectivity index (χ1v) is 6.58. The molecule has 4 N–H and O–H groups in total. The lowest BCUT2D eigenvalue weighted by Gasteiger charge is -2.04. The van der Waals surface area contributed by atoms with Gasteiger partial charge in [-0.25, -0.2) is 9.66 Å². The maximum Gasteiger partial charge on any atom is 0.145 e. The van der Waals surface area contributed by atoms with Crippen LogP contribution in [-0.4, -0.2) is 21.7 Å². The molecular formula is C10H20N4S. The Morgan fingerprint density at radius 2 is 2.13 bits per heavy atom. The largest absolute Gasteiger partial charge is 0.382 e. The van der Waals surface area contributed by atoms with E-state index in [1.165, 1.54) is 4.68 Å². The van der Waals surface area contributed by atoms with Gasteiger partial charge in [-0.15, -0.1) is 0 Å². The van der Waals surface area contributed by atoms with Gasteiger partial charge in [-0.05, 0) is 24.9 Å². The minimum atomic E-state index is 0.312. The lowest BCUT2D eigenvalue weighted by molar-refractivity contribution is 0.736. The van der Waals surface area contributed by atoms with Gasteiger partial charge in [-0.3, -0.25) is 0 Å². The Kier molecular flexibility index (Phi) is 4.32. The minimum absolute atomic E-state index is 0.312. The third kappa shape index (κ3) is 2.81. The highest BCUT2D eigenvalue weighted by atomic mass is 32.2. The van der Waals surface area contributed by atoms with Gasteiger partial charge in [-0.1, -0.05) is 13.8 Å². The van der Waals surface area contributed by atoms with Crippen molar-refractivity contribution in [3.8, 4) is 0 Å². The number of thioether (sulfide) groups is 1. The number of anilines is 1. The summed E-state index contributed by atoms with van der Waals surface area (Å²) in [5, 5.41) is 0. The molecule has 0 atom stereocenters. The van der Waals surface area contributed by atoms with Crippen molar-refractivity contribution in [2.45, 2.75) is 32.6 Å². The van der Waals surface area contributed by atoms with Crippen LogP contribution in [-0.2, 0) is 6.42 Å². The lowest BCUT2D eigenvalue weighted by Crippen LogP contribution is -2.16. The third-order valence-electron chi connectivity index (χ3n) is 2.33. The summed E-state index contributed by atoms with van der Waals surface area (Å²) < 4.78 is 1.51. The van der Waals surface area contributed by atoms with Crippen LogP contribution in [0.1, 0.15) is 37.7 Å². The third-order valence-corrected chi connectivity index (χ3v) is 3.03. The molecule has 1 rings (SSSR count). The Morgan fingerprint density at radius 1 is 1.47 bits per heavy atom. The zero-order chi connectivity index (χ0) is 11.4. The molecule has 0 saturated carbocycles. The average molecular weight is 228 g/mol. The van der Waals surface area contributed by atoms with E-state index in [1.807, 2.05) is 11.8 Å². The van der Waals surface area contributed by atoms with Gasteiger partial charge in [0.2, 0.25) is 0 Å². The molecule has 0 saturated heterocycles. The first-order chi connectivity index (χ1) is 7.07. The molecule has 86 valence electrons. The average Bonchev–Trinajstić information content (AvgIpc) is 2.46. The molecule has 0 bridgehead atoms. The maximum absolute atomic E-state index is 5.89. The Hall–Kier alpha value is -0.840. The van der Waals surface area contributed by atoms with Crippen LogP contribution < -0.4 is 11.6 Å². The first kappa shape index (κ1) is 12.2. The van der Waals surface area contributed by atoms with Gasteiger partial charge < -0.3 is 11.6 Å². The standard InChI is InChI=1S/C10H20N4S/c1-7(2)10-13-8(5-4-6-15-3)9(11)14(10)12/h7H,4-6,11-12H2,1-3H3. The molecule has 1 heterocycles. The van der Waals surface area contributed by atoms with E-state index in [2.05, 4.69) is 25.1 Å². The van der Waals surface area contributed by atoms with E-state index in [0.29, 0.717) is 11.7 Å². The second-order valence-corrected chi connectivity index (χ2v) is 4.91. The van der Waals surface area contributed by atoms with E-state index < -0.39 is 0 Å². The number of aromatic nitrogens is 2. The highest BCUT2D eigenvalue weighted by molar-refractivity contribution is 7.98. The Morgan fingerprint density at radius 3 is 2.60 bits per heavy atom. The molecule has 15 heavy (non-hydrogen) atoms. The van der Waals surface area contributed by atoms with Crippen LogP contribution in [0.3, 0.4) is 0 Å². The normalized spacial score (nSPS) is 11.2. The summed E-state index contributed by atoms with van der Waals surface area (Å²) in [4.78, 5) is 4.48. The summed E-state index contributed by atoms with van der Waals surface area (Å²) in [6, 6.07) is 0. The molecule has 0 radical (unpaired) electrons. The maximum atomic E-state index is 5.89. The van der Waals surface area contributed by atoms with Crippen molar-refractivity contribution in [3.63, 3.8) is 0 Å². The van der Waals surface area contributed by atoms with E-state index in [1.54, 1.807) is 0 Å². The number of rotatable bonds is 5. The summed E-state index contributed by atoms with van der Waals surface area (Å²) in [5.41, 5.74) is 6.83. The SMILES string of the molecule is CSCCCc1nc(C(C)C)n(N)c1N. The van der Waals surface area contributed by atoms with Crippen molar-refractivity contribution < 1.29 is 0 Å². The molecule has 0 aliphatic carbocycles. The second kappa shape index (κ2) is 5.30. The predicted octanol–water partition coefficient (Wildman–Crippen LogP) is 1.60. The van der Waals surface area contributed by atoms with E-state index in [9.17, 15) is 0 Å². The molecule has 0 fully saturated rings. The van der Waals surface area contributed by atoms with Gasteiger partial charge in [0.1, 0.15) is 11.6 Å². The monoisotopic (exact) mass is 228 g/mol. The molecule has 0 spiro atoms. The second-order valence-electron chi connectivity index (χ2n) is 3.92. The van der Waals surface area contributed by atoms with E-state index in [-0.39, 0.29) is 0 Å². The van der Waals surface area contributed by atoms with Crippen LogP contribution in [0.15, 0.2) is 0 Å². The van der Waals surface area contributed by atoms with E-state index in [4.69, 9.17) is 11.6 Å². The summed E-state index contributed by atoms with van der Waals surface area (Å²) in [6.07, 6.45) is 4.11. The Bertz CT molecular complexity index is 319. The van der Waals surface area contributed by atoms with Crippen molar-refractivity contribution in [3.05, 3.63) is 11.5 Å². The zero-order valence-corrected chi connectivity index (χ0v) is 10.5. The van der Waals surface area contributed by atoms with Crippen molar-refractivity contribution in [1.82, 2.24) is 9.66 Å². The van der Waals surface area contributed by atoms with Crippen LogP contribution in [0, 0.1) is 0 Å². The number of aryl methyl sites for hydroxylation is 1.